The lowest BCUT2D eigenvalue weighted by Gasteiger charge is -2.31. The van der Waals surface area contributed by atoms with Crippen molar-refractivity contribution in [2.24, 2.45) is 5.92 Å². The number of imidazole rings is 1. The van der Waals surface area contributed by atoms with Crippen molar-refractivity contribution in [3.05, 3.63) is 64.7 Å². The fourth-order valence-electron chi connectivity index (χ4n) is 4.60. The van der Waals surface area contributed by atoms with Gasteiger partial charge in [0.05, 0.1) is 11.4 Å². The molecule has 3 aromatic rings. The molecule has 1 saturated heterocycles. The average Bonchev–Trinajstić information content (AvgIpc) is 3.19. The Bertz CT molecular complexity index is 1030. The van der Waals surface area contributed by atoms with E-state index in [1.165, 1.54) is 24.4 Å². The van der Waals surface area contributed by atoms with Gasteiger partial charge in [-0.25, -0.2) is 9.67 Å². The van der Waals surface area contributed by atoms with Gasteiger partial charge in [0.25, 0.3) is 5.56 Å². The zero-order valence-corrected chi connectivity index (χ0v) is 17.3. The molecule has 7 nitrogen and oxygen atoms in total. The SMILES string of the molecule is O=c1ccc(-c2ccncc2)nn1CC1CCN(Cc2cn3c(n2)CCCC3)CC1. The van der Waals surface area contributed by atoms with Crippen LogP contribution < -0.4 is 5.56 Å². The number of aryl methyl sites for hydroxylation is 2. The summed E-state index contributed by atoms with van der Waals surface area (Å²) in [6.07, 6.45) is 11.6. The third-order valence-corrected chi connectivity index (χ3v) is 6.33. The zero-order chi connectivity index (χ0) is 20.3. The number of aromatic nitrogens is 5. The third-order valence-electron chi connectivity index (χ3n) is 6.33. The van der Waals surface area contributed by atoms with Gasteiger partial charge < -0.3 is 4.57 Å². The van der Waals surface area contributed by atoms with E-state index in [-0.39, 0.29) is 5.56 Å². The molecule has 5 heterocycles. The molecule has 1 fully saturated rings. The van der Waals surface area contributed by atoms with Crippen LogP contribution in [0.4, 0.5) is 0 Å². The Hall–Kier alpha value is -2.80. The van der Waals surface area contributed by atoms with Gasteiger partial charge in [-0.1, -0.05) is 0 Å². The third kappa shape index (κ3) is 4.21. The van der Waals surface area contributed by atoms with Crippen LogP contribution in [0.2, 0.25) is 0 Å². The van der Waals surface area contributed by atoms with E-state index in [1.807, 2.05) is 12.1 Å². The Kier molecular flexibility index (Phi) is 5.45. The number of hydrogen-bond donors (Lipinski definition) is 0. The van der Waals surface area contributed by atoms with Gasteiger partial charge in [-0.15, -0.1) is 0 Å². The lowest BCUT2D eigenvalue weighted by molar-refractivity contribution is 0.162. The maximum absolute atomic E-state index is 12.3. The van der Waals surface area contributed by atoms with E-state index in [1.54, 1.807) is 29.2 Å². The van der Waals surface area contributed by atoms with Crippen molar-refractivity contribution in [1.29, 1.82) is 0 Å². The van der Waals surface area contributed by atoms with Crippen LogP contribution in [0, 0.1) is 5.92 Å². The lowest BCUT2D eigenvalue weighted by atomic mass is 9.96. The standard InChI is InChI=1S/C23H28N6O/c30-23-5-4-21(19-6-10-24-11-7-19)26-29(23)15-18-8-13-27(14-9-18)16-20-17-28-12-2-1-3-22(28)25-20/h4-7,10-11,17-18H,1-3,8-9,12-16H2. The van der Waals surface area contributed by atoms with E-state index in [9.17, 15) is 4.79 Å². The van der Waals surface area contributed by atoms with Crippen molar-refractivity contribution in [2.75, 3.05) is 13.1 Å². The van der Waals surface area contributed by atoms with Gasteiger partial charge in [0, 0.05) is 56.3 Å². The Labute approximate surface area is 176 Å². The van der Waals surface area contributed by atoms with Crippen molar-refractivity contribution in [1.82, 2.24) is 29.2 Å². The van der Waals surface area contributed by atoms with E-state index in [2.05, 4.69) is 25.7 Å². The Morgan fingerprint density at radius 2 is 1.83 bits per heavy atom. The molecule has 7 heteroatoms. The van der Waals surface area contributed by atoms with Crippen LogP contribution in [0.25, 0.3) is 11.3 Å². The van der Waals surface area contributed by atoms with Crippen LogP contribution in [-0.4, -0.2) is 42.3 Å². The predicted octanol–water partition coefficient (Wildman–Crippen LogP) is 2.75. The number of pyridine rings is 1. The largest absolute Gasteiger partial charge is 0.335 e. The summed E-state index contributed by atoms with van der Waals surface area (Å²) in [5.41, 5.74) is 2.97. The van der Waals surface area contributed by atoms with Crippen LogP contribution in [-0.2, 0) is 26.1 Å². The quantitative estimate of drug-likeness (QED) is 0.654. The topological polar surface area (TPSA) is 68.8 Å². The minimum atomic E-state index is -0.0289. The maximum Gasteiger partial charge on any atom is 0.266 e. The minimum absolute atomic E-state index is 0.0289. The summed E-state index contributed by atoms with van der Waals surface area (Å²) < 4.78 is 3.97. The van der Waals surface area contributed by atoms with Crippen molar-refractivity contribution in [3.63, 3.8) is 0 Å². The molecular weight excluding hydrogens is 376 g/mol. The van der Waals surface area contributed by atoms with Crippen LogP contribution in [0.5, 0.6) is 0 Å². The summed E-state index contributed by atoms with van der Waals surface area (Å²) in [6.45, 7) is 4.83. The van der Waals surface area contributed by atoms with Crippen molar-refractivity contribution in [3.8, 4) is 11.3 Å². The highest BCUT2D eigenvalue weighted by Gasteiger charge is 2.22. The normalized spacial score (nSPS) is 17.7. The first-order valence-corrected chi connectivity index (χ1v) is 11.0. The Morgan fingerprint density at radius 3 is 2.63 bits per heavy atom. The first-order valence-electron chi connectivity index (χ1n) is 11.0. The molecule has 0 aliphatic carbocycles. The second kappa shape index (κ2) is 8.52. The summed E-state index contributed by atoms with van der Waals surface area (Å²) in [6, 6.07) is 7.26. The fourth-order valence-corrected chi connectivity index (χ4v) is 4.60. The Balaban J connectivity index is 1.19. The van der Waals surface area contributed by atoms with Gasteiger partial charge in [0.15, 0.2) is 0 Å². The van der Waals surface area contributed by atoms with Crippen LogP contribution in [0.1, 0.15) is 37.2 Å². The molecule has 0 atom stereocenters. The smallest absolute Gasteiger partial charge is 0.266 e. The molecule has 0 N–H and O–H groups in total. The number of likely N-dealkylation sites (tertiary alicyclic amines) is 1. The fraction of sp³-hybridized carbons (Fsp3) is 0.478. The Morgan fingerprint density at radius 1 is 1.00 bits per heavy atom. The number of nitrogens with zero attached hydrogens (tertiary/aromatic N) is 6. The van der Waals surface area contributed by atoms with Crippen molar-refractivity contribution >= 4 is 0 Å². The van der Waals surface area contributed by atoms with Crippen LogP contribution >= 0.6 is 0 Å². The molecule has 156 valence electrons. The summed E-state index contributed by atoms with van der Waals surface area (Å²) in [5, 5.41) is 4.61. The highest BCUT2D eigenvalue weighted by molar-refractivity contribution is 5.56. The predicted molar refractivity (Wildman–Crippen MR) is 115 cm³/mol. The zero-order valence-electron chi connectivity index (χ0n) is 17.3. The number of fused-ring (bicyclic) bond motifs is 1. The number of piperidine rings is 1. The summed E-state index contributed by atoms with van der Waals surface area (Å²) in [5.74, 6) is 1.74. The van der Waals surface area contributed by atoms with Gasteiger partial charge in [-0.2, -0.15) is 5.10 Å². The second-order valence-electron chi connectivity index (χ2n) is 8.49. The first-order chi connectivity index (χ1) is 14.7. The van der Waals surface area contributed by atoms with Gasteiger partial charge in [0.2, 0.25) is 0 Å². The summed E-state index contributed by atoms with van der Waals surface area (Å²) in [7, 11) is 0. The van der Waals surface area contributed by atoms with E-state index < -0.39 is 0 Å². The van der Waals surface area contributed by atoms with E-state index in [4.69, 9.17) is 4.98 Å². The summed E-state index contributed by atoms with van der Waals surface area (Å²) in [4.78, 5) is 23.7. The van der Waals surface area contributed by atoms with Crippen LogP contribution in [0.3, 0.4) is 0 Å². The van der Waals surface area contributed by atoms with Crippen molar-refractivity contribution in [2.45, 2.75) is 51.7 Å². The van der Waals surface area contributed by atoms with E-state index in [0.29, 0.717) is 12.5 Å². The molecule has 2 aliphatic rings. The number of rotatable bonds is 5. The van der Waals surface area contributed by atoms with Gasteiger partial charge in [-0.3, -0.25) is 14.7 Å². The van der Waals surface area contributed by atoms with Gasteiger partial charge >= 0.3 is 0 Å². The molecule has 0 radical (unpaired) electrons. The van der Waals surface area contributed by atoms with E-state index >= 15 is 0 Å². The highest BCUT2D eigenvalue weighted by atomic mass is 16.1. The van der Waals surface area contributed by atoms with E-state index in [0.717, 1.165) is 56.7 Å². The molecule has 3 aromatic heterocycles. The molecule has 0 spiro atoms. The van der Waals surface area contributed by atoms with Crippen molar-refractivity contribution < 1.29 is 0 Å². The maximum atomic E-state index is 12.3. The number of hydrogen-bond acceptors (Lipinski definition) is 5. The van der Waals surface area contributed by atoms with Crippen LogP contribution in [0.15, 0.2) is 47.7 Å². The monoisotopic (exact) mass is 404 g/mol. The second-order valence-corrected chi connectivity index (χ2v) is 8.49. The van der Waals surface area contributed by atoms with Gasteiger partial charge in [-0.05, 0) is 62.9 Å². The molecule has 0 saturated carbocycles. The molecule has 2 aliphatic heterocycles. The lowest BCUT2D eigenvalue weighted by Crippen LogP contribution is -2.36. The van der Waals surface area contributed by atoms with Gasteiger partial charge in [0.1, 0.15) is 5.82 Å². The molecule has 30 heavy (non-hydrogen) atoms. The summed E-state index contributed by atoms with van der Waals surface area (Å²) >= 11 is 0. The minimum Gasteiger partial charge on any atom is -0.335 e. The molecule has 5 rings (SSSR count). The average molecular weight is 405 g/mol. The molecule has 0 bridgehead atoms. The molecule has 0 aromatic carbocycles. The molecular formula is C23H28N6O. The molecule has 0 amide bonds. The first kappa shape index (κ1) is 19.2. The highest BCUT2D eigenvalue weighted by Crippen LogP contribution is 2.22. The molecule has 0 unspecified atom stereocenters.